The maximum Gasteiger partial charge on any atom is 0.243 e. The van der Waals surface area contributed by atoms with Crippen molar-refractivity contribution in [1.82, 2.24) is 14.6 Å². The molecule has 0 bridgehead atoms. The van der Waals surface area contributed by atoms with Gasteiger partial charge in [0.05, 0.1) is 33.3 Å². The van der Waals surface area contributed by atoms with Crippen LogP contribution in [0.3, 0.4) is 0 Å². The summed E-state index contributed by atoms with van der Waals surface area (Å²) < 4.78 is 65.1. The van der Waals surface area contributed by atoms with Gasteiger partial charge in [-0.1, -0.05) is 26.0 Å². The lowest BCUT2D eigenvalue weighted by Gasteiger charge is -2.38. The Balaban J connectivity index is 1.08. The molecule has 0 amide bonds. The maximum absolute atomic E-state index is 13.3. The lowest BCUT2D eigenvalue weighted by atomic mass is 9.88. The van der Waals surface area contributed by atoms with Gasteiger partial charge in [-0.05, 0) is 67.6 Å². The molecule has 5 rings (SSSR count). The number of nitrogens with one attached hydrogen (secondary N) is 1. The van der Waals surface area contributed by atoms with Crippen molar-refractivity contribution < 1.29 is 31.4 Å². The standard InChI is InChI=1S/C30H39N3O7S2/c1-22(2)21-41(35,36)27-7-3-6-26(16-27)39-20-25(34)18-32-24-17-30(40-19-24)10-13-33(14-11-30)42(37,38)28-8-9-29-23(15-28)5-4-12-31-29/h3-9,12,15-16,22,24-25,32,34H,10-11,13-14,17-21H2,1-2H3. The Labute approximate surface area is 248 Å². The second-order valence-corrected chi connectivity index (χ2v) is 15.7. The van der Waals surface area contributed by atoms with Crippen LogP contribution in [-0.4, -0.2) is 87.6 Å². The van der Waals surface area contributed by atoms with Gasteiger partial charge < -0.3 is 19.9 Å². The Bertz CT molecular complexity index is 1600. The van der Waals surface area contributed by atoms with Gasteiger partial charge in [-0.2, -0.15) is 4.31 Å². The van der Waals surface area contributed by atoms with E-state index in [2.05, 4.69) is 10.3 Å². The molecular formula is C30H39N3O7S2. The molecule has 10 nitrogen and oxygen atoms in total. The maximum atomic E-state index is 13.3. The molecule has 0 saturated carbocycles. The van der Waals surface area contributed by atoms with Crippen molar-refractivity contribution in [2.45, 2.75) is 60.6 Å². The van der Waals surface area contributed by atoms with Crippen molar-refractivity contribution in [3.63, 3.8) is 0 Å². The van der Waals surface area contributed by atoms with Gasteiger partial charge in [-0.3, -0.25) is 4.98 Å². The van der Waals surface area contributed by atoms with Crippen LogP contribution in [0.25, 0.3) is 10.9 Å². The summed E-state index contributed by atoms with van der Waals surface area (Å²) in [4.78, 5) is 4.75. The van der Waals surface area contributed by atoms with Crippen LogP contribution in [0.2, 0.25) is 0 Å². The minimum absolute atomic E-state index is 0.0110. The van der Waals surface area contributed by atoms with Crippen LogP contribution < -0.4 is 10.1 Å². The summed E-state index contributed by atoms with van der Waals surface area (Å²) in [6.45, 7) is 5.25. The van der Waals surface area contributed by atoms with Gasteiger partial charge in [0, 0.05) is 37.3 Å². The topological polar surface area (TPSA) is 135 Å². The first kappa shape index (κ1) is 30.8. The first-order valence-electron chi connectivity index (χ1n) is 14.3. The summed E-state index contributed by atoms with van der Waals surface area (Å²) in [5.74, 6) is 0.466. The monoisotopic (exact) mass is 617 g/mol. The van der Waals surface area contributed by atoms with E-state index < -0.39 is 26.0 Å². The predicted molar refractivity (Wildman–Crippen MR) is 160 cm³/mol. The SMILES string of the molecule is CC(C)CS(=O)(=O)c1cccc(OCC(O)CNC2COC3(CCN(S(=O)(=O)c4ccc5ncccc5c4)CC3)C2)c1. The fourth-order valence-corrected chi connectivity index (χ4v) is 8.80. The number of hydrogen-bond acceptors (Lipinski definition) is 9. The fourth-order valence-electron chi connectivity index (χ4n) is 5.67. The van der Waals surface area contributed by atoms with E-state index in [1.807, 2.05) is 19.9 Å². The van der Waals surface area contributed by atoms with Gasteiger partial charge in [0.25, 0.3) is 0 Å². The number of hydrogen-bond donors (Lipinski definition) is 2. The number of fused-ring (bicyclic) bond motifs is 1. The molecule has 1 spiro atoms. The molecule has 2 fully saturated rings. The minimum Gasteiger partial charge on any atom is -0.491 e. The van der Waals surface area contributed by atoms with E-state index in [0.29, 0.717) is 38.3 Å². The molecule has 2 aromatic carbocycles. The van der Waals surface area contributed by atoms with E-state index in [4.69, 9.17) is 9.47 Å². The average Bonchev–Trinajstić information content (AvgIpc) is 3.36. The number of benzene rings is 2. The number of piperidine rings is 1. The van der Waals surface area contributed by atoms with E-state index >= 15 is 0 Å². The van der Waals surface area contributed by atoms with Gasteiger partial charge in [0.15, 0.2) is 9.84 Å². The number of aromatic nitrogens is 1. The van der Waals surface area contributed by atoms with Gasteiger partial charge in [-0.15, -0.1) is 0 Å². The number of sulfonamides is 1. The molecule has 2 aliphatic heterocycles. The Hall–Kier alpha value is -2.61. The summed E-state index contributed by atoms with van der Waals surface area (Å²) in [6.07, 6.45) is 2.81. The largest absolute Gasteiger partial charge is 0.491 e. The van der Waals surface area contributed by atoms with Crippen molar-refractivity contribution in [2.75, 3.05) is 38.6 Å². The predicted octanol–water partition coefficient (Wildman–Crippen LogP) is 3.01. The highest BCUT2D eigenvalue weighted by Gasteiger charge is 2.44. The van der Waals surface area contributed by atoms with Crippen molar-refractivity contribution in [3.05, 3.63) is 60.8 Å². The van der Waals surface area contributed by atoms with E-state index in [0.717, 1.165) is 17.3 Å². The van der Waals surface area contributed by atoms with Crippen LogP contribution in [0.15, 0.2) is 70.6 Å². The molecule has 2 N–H and O–H groups in total. The first-order valence-corrected chi connectivity index (χ1v) is 17.4. The molecule has 3 heterocycles. The number of sulfone groups is 1. The number of aliphatic hydroxyl groups is 1. The van der Waals surface area contributed by atoms with Crippen LogP contribution in [0.5, 0.6) is 5.75 Å². The van der Waals surface area contributed by atoms with Crippen LogP contribution in [0.1, 0.15) is 33.1 Å². The third-order valence-corrected chi connectivity index (χ3v) is 11.8. The summed E-state index contributed by atoms with van der Waals surface area (Å²) in [5, 5.41) is 14.6. The van der Waals surface area contributed by atoms with Gasteiger partial charge in [-0.25, -0.2) is 16.8 Å². The molecule has 12 heteroatoms. The fraction of sp³-hybridized carbons (Fsp3) is 0.500. The van der Waals surface area contributed by atoms with Gasteiger partial charge in [0.2, 0.25) is 10.0 Å². The lowest BCUT2D eigenvalue weighted by molar-refractivity contribution is -0.0312. The summed E-state index contributed by atoms with van der Waals surface area (Å²) in [7, 11) is -7.02. The zero-order valence-corrected chi connectivity index (χ0v) is 25.6. The number of pyridine rings is 1. The molecule has 0 radical (unpaired) electrons. The van der Waals surface area contributed by atoms with Gasteiger partial charge >= 0.3 is 0 Å². The Morgan fingerprint density at radius 3 is 2.62 bits per heavy atom. The Morgan fingerprint density at radius 1 is 1.07 bits per heavy atom. The zero-order valence-electron chi connectivity index (χ0n) is 24.0. The third kappa shape index (κ3) is 7.12. The Morgan fingerprint density at radius 2 is 1.86 bits per heavy atom. The summed E-state index contributed by atoms with van der Waals surface area (Å²) in [6, 6.07) is 15.1. The molecule has 3 aromatic rings. The molecule has 2 saturated heterocycles. The molecule has 2 aliphatic rings. The second-order valence-electron chi connectivity index (χ2n) is 11.7. The Kier molecular flexibility index (Phi) is 9.22. The number of ether oxygens (including phenoxy) is 2. The lowest BCUT2D eigenvalue weighted by Crippen LogP contribution is -2.47. The molecule has 42 heavy (non-hydrogen) atoms. The van der Waals surface area contributed by atoms with Crippen LogP contribution >= 0.6 is 0 Å². The van der Waals surface area contributed by atoms with Crippen molar-refractivity contribution in [1.29, 1.82) is 0 Å². The van der Waals surface area contributed by atoms with Crippen LogP contribution in [0.4, 0.5) is 0 Å². The summed E-state index contributed by atoms with van der Waals surface area (Å²) >= 11 is 0. The first-order chi connectivity index (χ1) is 20.0. The third-order valence-electron chi connectivity index (χ3n) is 7.86. The number of nitrogens with zero attached hydrogens (tertiary/aromatic N) is 2. The highest BCUT2D eigenvalue weighted by molar-refractivity contribution is 7.91. The van der Waals surface area contributed by atoms with Crippen molar-refractivity contribution in [3.8, 4) is 5.75 Å². The molecule has 228 valence electrons. The molecule has 0 aliphatic carbocycles. The second kappa shape index (κ2) is 12.6. The average molecular weight is 618 g/mol. The molecule has 2 atom stereocenters. The summed E-state index contributed by atoms with van der Waals surface area (Å²) in [5.41, 5.74) is 0.366. The normalized spacial score (nSPS) is 20.3. The molecule has 2 unspecified atom stereocenters. The van der Waals surface area contributed by atoms with Crippen LogP contribution in [0, 0.1) is 5.92 Å². The zero-order chi connectivity index (χ0) is 30.0. The quantitative estimate of drug-likeness (QED) is 0.333. The van der Waals surface area contributed by atoms with E-state index in [1.165, 1.54) is 10.4 Å². The number of aliphatic hydroxyl groups excluding tert-OH is 1. The highest BCUT2D eigenvalue weighted by Crippen LogP contribution is 2.37. The van der Waals surface area contributed by atoms with Crippen LogP contribution in [-0.2, 0) is 24.6 Å². The van der Waals surface area contributed by atoms with E-state index in [-0.39, 0.29) is 46.3 Å². The van der Waals surface area contributed by atoms with Crippen molar-refractivity contribution in [2.24, 2.45) is 5.92 Å². The smallest absolute Gasteiger partial charge is 0.243 e. The van der Waals surface area contributed by atoms with E-state index in [1.54, 1.807) is 48.7 Å². The highest BCUT2D eigenvalue weighted by atomic mass is 32.2. The number of rotatable bonds is 11. The molecule has 1 aromatic heterocycles. The van der Waals surface area contributed by atoms with Crippen molar-refractivity contribution >= 4 is 30.8 Å². The minimum atomic E-state index is -3.63. The molecular weight excluding hydrogens is 578 g/mol. The van der Waals surface area contributed by atoms with Gasteiger partial charge in [0.1, 0.15) is 18.5 Å². The van der Waals surface area contributed by atoms with E-state index in [9.17, 15) is 21.9 Å².